The van der Waals surface area contributed by atoms with Gasteiger partial charge in [-0.05, 0) is 31.2 Å². The molecule has 2 rings (SSSR count). The summed E-state index contributed by atoms with van der Waals surface area (Å²) < 4.78 is 42.1. The van der Waals surface area contributed by atoms with Crippen LogP contribution in [0.1, 0.15) is 16.1 Å². The van der Waals surface area contributed by atoms with E-state index in [1.54, 1.807) is 14.0 Å². The van der Waals surface area contributed by atoms with Gasteiger partial charge in [-0.2, -0.15) is 18.3 Å². The van der Waals surface area contributed by atoms with Crippen molar-refractivity contribution in [1.82, 2.24) is 9.78 Å². The number of rotatable bonds is 4. The van der Waals surface area contributed by atoms with Crippen LogP contribution in [0.25, 0.3) is 0 Å². The van der Waals surface area contributed by atoms with Crippen LogP contribution in [0.3, 0.4) is 0 Å². The van der Waals surface area contributed by atoms with E-state index in [9.17, 15) is 18.0 Å². The van der Waals surface area contributed by atoms with Gasteiger partial charge in [0.05, 0.1) is 11.3 Å². The maximum Gasteiger partial charge on any atom is 0.422 e. The van der Waals surface area contributed by atoms with Crippen molar-refractivity contribution >= 4 is 23.2 Å². The maximum atomic E-state index is 12.2. The smallest absolute Gasteiger partial charge is 0.422 e. The summed E-state index contributed by atoms with van der Waals surface area (Å²) in [6.45, 7) is 0.276. The second-order valence-electron chi connectivity index (χ2n) is 4.76. The zero-order valence-corrected chi connectivity index (χ0v) is 13.0. The van der Waals surface area contributed by atoms with E-state index in [4.69, 9.17) is 11.6 Å². The molecule has 0 fully saturated rings. The number of aryl methyl sites for hydroxylation is 2. The number of carbonyl (C=O) groups is 1. The number of alkyl halides is 3. The molecule has 2 aromatic rings. The fourth-order valence-electron chi connectivity index (χ4n) is 1.88. The Morgan fingerprint density at radius 2 is 1.96 bits per heavy atom. The van der Waals surface area contributed by atoms with Gasteiger partial charge in [0.25, 0.3) is 5.91 Å². The molecular weight excluding hydrogens is 335 g/mol. The average molecular weight is 348 g/mol. The molecule has 0 aliphatic heterocycles. The first-order valence-corrected chi connectivity index (χ1v) is 6.85. The van der Waals surface area contributed by atoms with Crippen LogP contribution in [0.5, 0.6) is 5.75 Å². The van der Waals surface area contributed by atoms with E-state index < -0.39 is 18.7 Å². The van der Waals surface area contributed by atoms with Gasteiger partial charge in [-0.3, -0.25) is 9.48 Å². The van der Waals surface area contributed by atoms with Crippen LogP contribution < -0.4 is 10.1 Å². The first-order chi connectivity index (χ1) is 10.7. The van der Waals surface area contributed by atoms with E-state index in [1.807, 2.05) is 0 Å². The second-order valence-corrected chi connectivity index (χ2v) is 5.12. The monoisotopic (exact) mass is 347 g/mol. The fourth-order valence-corrected chi connectivity index (χ4v) is 2.14. The molecule has 1 aromatic heterocycles. The van der Waals surface area contributed by atoms with Gasteiger partial charge in [0.1, 0.15) is 10.9 Å². The van der Waals surface area contributed by atoms with E-state index in [1.165, 1.54) is 28.9 Å². The molecule has 124 valence electrons. The number of nitrogens with one attached hydrogen (secondary N) is 1. The summed E-state index contributed by atoms with van der Waals surface area (Å²) in [5, 5.41) is 6.83. The van der Waals surface area contributed by atoms with Gasteiger partial charge in [-0.15, -0.1) is 0 Å². The molecule has 0 spiro atoms. The first kappa shape index (κ1) is 17.1. The van der Waals surface area contributed by atoms with Gasteiger partial charge < -0.3 is 10.1 Å². The highest BCUT2D eigenvalue weighted by atomic mass is 35.5. The molecule has 0 saturated heterocycles. The molecule has 0 aliphatic rings. The predicted octanol–water partition coefficient (Wildman–Crippen LogP) is 3.58. The first-order valence-electron chi connectivity index (χ1n) is 6.47. The van der Waals surface area contributed by atoms with Crippen LogP contribution >= 0.6 is 11.6 Å². The van der Waals surface area contributed by atoms with Crippen LogP contribution in [0.2, 0.25) is 5.15 Å². The largest absolute Gasteiger partial charge is 0.484 e. The highest BCUT2D eigenvalue weighted by Gasteiger charge is 2.28. The Morgan fingerprint density at radius 1 is 1.35 bits per heavy atom. The van der Waals surface area contributed by atoms with Gasteiger partial charge in [0.15, 0.2) is 6.61 Å². The Morgan fingerprint density at radius 3 is 2.43 bits per heavy atom. The minimum atomic E-state index is -4.40. The summed E-state index contributed by atoms with van der Waals surface area (Å²) in [5.74, 6) is -0.402. The summed E-state index contributed by atoms with van der Waals surface area (Å²) in [6.07, 6.45) is -4.40. The molecule has 1 aromatic carbocycles. The molecule has 23 heavy (non-hydrogen) atoms. The van der Waals surface area contributed by atoms with Crippen molar-refractivity contribution in [3.63, 3.8) is 0 Å². The molecule has 1 amide bonds. The number of halogens is 4. The van der Waals surface area contributed by atoms with E-state index >= 15 is 0 Å². The normalized spacial score (nSPS) is 11.4. The molecule has 0 bridgehead atoms. The average Bonchev–Trinajstić information content (AvgIpc) is 2.70. The summed E-state index contributed by atoms with van der Waals surface area (Å²) in [6, 6.07) is 5.53. The number of aromatic nitrogens is 2. The fraction of sp³-hybridized carbons (Fsp3) is 0.286. The van der Waals surface area contributed by atoms with Crippen molar-refractivity contribution in [2.24, 2.45) is 7.05 Å². The Hall–Kier alpha value is -2.22. The third-order valence-corrected chi connectivity index (χ3v) is 3.33. The van der Waals surface area contributed by atoms with E-state index in [-0.39, 0.29) is 16.5 Å². The highest BCUT2D eigenvalue weighted by molar-refractivity contribution is 6.33. The SMILES string of the molecule is Cc1nn(C)c(Cl)c1C(=O)Nc1ccc(OCC(F)(F)F)cc1. The molecule has 0 unspecified atom stereocenters. The van der Waals surface area contributed by atoms with Crippen LogP contribution in [0, 0.1) is 6.92 Å². The summed E-state index contributed by atoms with van der Waals surface area (Å²) >= 11 is 6.00. The summed E-state index contributed by atoms with van der Waals surface area (Å²) in [5.41, 5.74) is 1.11. The molecule has 0 aliphatic carbocycles. The number of amides is 1. The van der Waals surface area contributed by atoms with E-state index in [0.29, 0.717) is 11.4 Å². The minimum Gasteiger partial charge on any atom is -0.484 e. The highest BCUT2D eigenvalue weighted by Crippen LogP contribution is 2.23. The zero-order chi connectivity index (χ0) is 17.2. The van der Waals surface area contributed by atoms with Gasteiger partial charge in [-0.1, -0.05) is 11.6 Å². The second kappa shape index (κ2) is 6.49. The molecule has 0 saturated carbocycles. The molecule has 1 heterocycles. The number of anilines is 1. The molecule has 9 heteroatoms. The predicted molar refractivity (Wildman–Crippen MR) is 78.9 cm³/mol. The van der Waals surface area contributed by atoms with Crippen LogP contribution in [-0.2, 0) is 7.05 Å². The van der Waals surface area contributed by atoms with Crippen molar-refractivity contribution in [2.45, 2.75) is 13.1 Å². The number of nitrogens with zero attached hydrogens (tertiary/aromatic N) is 2. The maximum absolute atomic E-state index is 12.2. The standard InChI is InChI=1S/C14H13ClF3N3O2/c1-8-11(12(15)21(2)20-8)13(22)19-9-3-5-10(6-4-9)23-7-14(16,17)18/h3-6H,7H2,1-2H3,(H,19,22). The minimum absolute atomic E-state index is 0.0518. The van der Waals surface area contributed by atoms with Crippen molar-refractivity contribution in [3.8, 4) is 5.75 Å². The number of ether oxygens (including phenoxy) is 1. The number of carbonyl (C=O) groups excluding carboxylic acids is 1. The molecular formula is C14H13ClF3N3O2. The van der Waals surface area contributed by atoms with Gasteiger partial charge >= 0.3 is 6.18 Å². The number of hydrogen-bond donors (Lipinski definition) is 1. The lowest BCUT2D eigenvalue weighted by atomic mass is 10.2. The molecule has 0 atom stereocenters. The molecule has 1 N–H and O–H groups in total. The van der Waals surface area contributed by atoms with Crippen molar-refractivity contribution < 1.29 is 22.7 Å². The number of hydrogen-bond acceptors (Lipinski definition) is 3. The Labute approximate surface area is 135 Å². The van der Waals surface area contributed by atoms with Crippen molar-refractivity contribution in [3.05, 3.63) is 40.7 Å². The van der Waals surface area contributed by atoms with Gasteiger partial charge in [0.2, 0.25) is 0 Å². The van der Waals surface area contributed by atoms with Crippen molar-refractivity contribution in [2.75, 3.05) is 11.9 Å². The van der Waals surface area contributed by atoms with E-state index in [2.05, 4.69) is 15.2 Å². The van der Waals surface area contributed by atoms with Gasteiger partial charge in [0, 0.05) is 12.7 Å². The topological polar surface area (TPSA) is 56.2 Å². The summed E-state index contributed by atoms with van der Waals surface area (Å²) in [7, 11) is 1.61. The third-order valence-electron chi connectivity index (χ3n) is 2.89. The summed E-state index contributed by atoms with van der Waals surface area (Å²) in [4.78, 5) is 12.2. The Balaban J connectivity index is 2.05. The molecule has 5 nitrogen and oxygen atoms in total. The van der Waals surface area contributed by atoms with Gasteiger partial charge in [-0.25, -0.2) is 0 Å². The van der Waals surface area contributed by atoms with Crippen LogP contribution in [0.15, 0.2) is 24.3 Å². The zero-order valence-electron chi connectivity index (χ0n) is 12.2. The molecule has 0 radical (unpaired) electrons. The Bertz CT molecular complexity index is 711. The third kappa shape index (κ3) is 4.38. The lowest BCUT2D eigenvalue weighted by Crippen LogP contribution is -2.19. The quantitative estimate of drug-likeness (QED) is 0.919. The number of benzene rings is 1. The lowest BCUT2D eigenvalue weighted by Gasteiger charge is -2.10. The van der Waals surface area contributed by atoms with E-state index in [0.717, 1.165) is 0 Å². The van der Waals surface area contributed by atoms with Crippen LogP contribution in [-0.4, -0.2) is 28.5 Å². The van der Waals surface area contributed by atoms with Crippen molar-refractivity contribution in [1.29, 1.82) is 0 Å². The Kier molecular flexibility index (Phi) is 4.84. The lowest BCUT2D eigenvalue weighted by molar-refractivity contribution is -0.153. The van der Waals surface area contributed by atoms with Crippen LogP contribution in [0.4, 0.5) is 18.9 Å².